The van der Waals surface area contributed by atoms with Crippen LogP contribution < -0.4 is 0 Å². The highest BCUT2D eigenvalue weighted by Gasteiger charge is 2.27. The van der Waals surface area contributed by atoms with E-state index in [0.717, 1.165) is 11.1 Å². The van der Waals surface area contributed by atoms with E-state index in [9.17, 15) is 4.79 Å². The highest BCUT2D eigenvalue weighted by molar-refractivity contribution is 6.36. The van der Waals surface area contributed by atoms with Gasteiger partial charge in [-0.15, -0.1) is 0 Å². The zero-order valence-electron chi connectivity index (χ0n) is 18.0. The molecule has 2 heterocycles. The Bertz CT molecular complexity index is 1330. The van der Waals surface area contributed by atoms with Gasteiger partial charge in [0.1, 0.15) is 17.0 Å². The summed E-state index contributed by atoms with van der Waals surface area (Å²) in [5.74, 6) is 0.0467. The van der Waals surface area contributed by atoms with E-state index in [1.165, 1.54) is 4.68 Å². The molecule has 2 aromatic carbocycles. The molecular formula is C24H19Cl4N3O2. The van der Waals surface area contributed by atoms with Crippen LogP contribution >= 0.6 is 46.4 Å². The lowest BCUT2D eigenvalue weighted by Crippen LogP contribution is -2.18. The number of nitrogens with zero attached hydrogens (tertiary/aromatic N) is 3. The minimum absolute atomic E-state index is 0.248. The summed E-state index contributed by atoms with van der Waals surface area (Å²) in [6.07, 6.45) is 0.701. The molecule has 0 aliphatic rings. The molecular weight excluding hydrogens is 504 g/mol. The first kappa shape index (κ1) is 23.8. The topological polar surface area (TPSA) is 60.9 Å². The molecule has 0 aliphatic carbocycles. The van der Waals surface area contributed by atoms with Crippen molar-refractivity contribution in [3.8, 4) is 0 Å². The van der Waals surface area contributed by atoms with Gasteiger partial charge in [-0.05, 0) is 56.2 Å². The highest BCUT2D eigenvalue weighted by Crippen LogP contribution is 2.31. The van der Waals surface area contributed by atoms with Crippen LogP contribution in [0.25, 0.3) is 0 Å². The van der Waals surface area contributed by atoms with Crippen LogP contribution in [0.5, 0.6) is 0 Å². The van der Waals surface area contributed by atoms with E-state index in [1.807, 2.05) is 13.8 Å². The summed E-state index contributed by atoms with van der Waals surface area (Å²) in [5, 5.41) is 10.7. The van der Waals surface area contributed by atoms with Crippen LogP contribution in [-0.2, 0) is 12.8 Å². The molecule has 0 atom stereocenters. The first-order chi connectivity index (χ1) is 15.7. The van der Waals surface area contributed by atoms with Gasteiger partial charge in [0.15, 0.2) is 0 Å². The Kier molecular flexibility index (Phi) is 6.87. The molecule has 0 bridgehead atoms. The third-order valence-electron chi connectivity index (χ3n) is 5.60. The van der Waals surface area contributed by atoms with Gasteiger partial charge in [-0.2, -0.15) is 5.10 Å². The maximum absolute atomic E-state index is 13.6. The number of aryl methyl sites for hydroxylation is 2. The lowest BCUT2D eigenvalue weighted by molar-refractivity contribution is 0.0940. The Morgan fingerprint density at radius 2 is 1.36 bits per heavy atom. The molecule has 0 unspecified atom stereocenters. The van der Waals surface area contributed by atoms with Gasteiger partial charge >= 0.3 is 0 Å². The second-order valence-electron chi connectivity index (χ2n) is 7.68. The molecule has 0 fully saturated rings. The normalized spacial score (nSPS) is 11.2. The summed E-state index contributed by atoms with van der Waals surface area (Å²) in [5.41, 5.74) is 4.51. The third-order valence-corrected chi connectivity index (χ3v) is 7.02. The zero-order valence-corrected chi connectivity index (χ0v) is 21.1. The fourth-order valence-corrected chi connectivity index (χ4v) is 4.86. The molecule has 0 amide bonds. The highest BCUT2D eigenvalue weighted by atomic mass is 35.5. The second kappa shape index (κ2) is 9.51. The van der Waals surface area contributed by atoms with Gasteiger partial charge in [-0.3, -0.25) is 4.79 Å². The molecule has 0 saturated heterocycles. The van der Waals surface area contributed by atoms with E-state index in [1.54, 1.807) is 43.3 Å². The number of benzene rings is 2. The minimum atomic E-state index is -0.343. The van der Waals surface area contributed by atoms with Crippen LogP contribution in [0, 0.1) is 20.8 Å². The summed E-state index contributed by atoms with van der Waals surface area (Å²) >= 11 is 25.4. The molecule has 0 aliphatic heterocycles. The number of carbonyl (C=O) groups excluding carboxylic acids is 1. The van der Waals surface area contributed by atoms with Crippen LogP contribution in [0.3, 0.4) is 0 Å². The largest absolute Gasteiger partial charge is 0.361 e. The van der Waals surface area contributed by atoms with E-state index in [4.69, 9.17) is 50.9 Å². The fraction of sp³-hybridized carbons (Fsp3) is 0.208. The fourth-order valence-electron chi connectivity index (χ4n) is 3.79. The SMILES string of the molecule is Cc1nn(C(=O)c2c(Cc3c(Cl)cccc3Cl)noc2C)c(C)c1Cc1c(Cl)cccc1Cl. The summed E-state index contributed by atoms with van der Waals surface area (Å²) < 4.78 is 6.73. The summed E-state index contributed by atoms with van der Waals surface area (Å²) in [6.45, 7) is 5.38. The summed E-state index contributed by atoms with van der Waals surface area (Å²) in [6, 6.07) is 10.6. The lowest BCUT2D eigenvalue weighted by atomic mass is 10.0. The van der Waals surface area contributed by atoms with Gasteiger partial charge < -0.3 is 4.52 Å². The van der Waals surface area contributed by atoms with Gasteiger partial charge in [-0.25, -0.2) is 4.68 Å². The first-order valence-electron chi connectivity index (χ1n) is 10.1. The Balaban J connectivity index is 1.72. The van der Waals surface area contributed by atoms with E-state index in [2.05, 4.69) is 10.3 Å². The van der Waals surface area contributed by atoms with E-state index < -0.39 is 0 Å². The number of rotatable bonds is 5. The van der Waals surface area contributed by atoms with Crippen LogP contribution in [0.1, 0.15) is 49.9 Å². The van der Waals surface area contributed by atoms with Crippen molar-refractivity contribution in [1.82, 2.24) is 14.9 Å². The predicted octanol–water partition coefficient (Wildman–Crippen LogP) is 7.28. The van der Waals surface area contributed by atoms with Gasteiger partial charge in [0.2, 0.25) is 0 Å². The average molecular weight is 523 g/mol. The van der Waals surface area contributed by atoms with Crippen LogP contribution in [-0.4, -0.2) is 20.8 Å². The van der Waals surface area contributed by atoms with Crippen LogP contribution in [0.4, 0.5) is 0 Å². The number of hydrogen-bond donors (Lipinski definition) is 0. The molecule has 2 aromatic heterocycles. The van der Waals surface area contributed by atoms with Crippen molar-refractivity contribution in [2.45, 2.75) is 33.6 Å². The Labute approximate surface area is 211 Å². The standard InChI is InChI=1S/C24H19Cl4N3O2/c1-12-15(10-16-18(25)6-4-7-19(16)26)13(2)31(29-12)24(32)23-14(3)33-30-22(23)11-17-20(27)8-5-9-21(17)28/h4-9H,10-11H2,1-3H3. The van der Waals surface area contributed by atoms with Crippen molar-refractivity contribution in [1.29, 1.82) is 0 Å². The molecule has 0 radical (unpaired) electrons. The monoisotopic (exact) mass is 521 g/mol. The Morgan fingerprint density at radius 1 is 0.848 bits per heavy atom. The minimum Gasteiger partial charge on any atom is -0.361 e. The van der Waals surface area contributed by atoms with E-state index in [0.29, 0.717) is 60.5 Å². The Hall–Kier alpha value is -2.31. The smallest absolute Gasteiger partial charge is 0.283 e. The number of halogens is 4. The van der Waals surface area contributed by atoms with Crippen molar-refractivity contribution in [3.63, 3.8) is 0 Å². The molecule has 4 aromatic rings. The molecule has 170 valence electrons. The van der Waals surface area contributed by atoms with E-state index >= 15 is 0 Å². The second-order valence-corrected chi connectivity index (χ2v) is 9.31. The molecule has 33 heavy (non-hydrogen) atoms. The van der Waals surface area contributed by atoms with Crippen molar-refractivity contribution in [3.05, 3.63) is 102 Å². The quantitative estimate of drug-likeness (QED) is 0.276. The van der Waals surface area contributed by atoms with Crippen molar-refractivity contribution >= 4 is 52.3 Å². The van der Waals surface area contributed by atoms with Gasteiger partial charge in [-0.1, -0.05) is 63.7 Å². The number of aromatic nitrogens is 3. The van der Waals surface area contributed by atoms with Crippen LogP contribution in [0.15, 0.2) is 40.9 Å². The van der Waals surface area contributed by atoms with E-state index in [-0.39, 0.29) is 12.3 Å². The molecule has 0 saturated carbocycles. The molecule has 0 N–H and O–H groups in total. The summed E-state index contributed by atoms with van der Waals surface area (Å²) in [4.78, 5) is 13.6. The van der Waals surface area contributed by atoms with Crippen molar-refractivity contribution in [2.75, 3.05) is 0 Å². The molecule has 4 rings (SSSR count). The lowest BCUT2D eigenvalue weighted by Gasteiger charge is -2.09. The molecule has 0 spiro atoms. The van der Waals surface area contributed by atoms with Crippen LogP contribution in [0.2, 0.25) is 20.1 Å². The first-order valence-corrected chi connectivity index (χ1v) is 11.6. The third kappa shape index (κ3) is 4.56. The summed E-state index contributed by atoms with van der Waals surface area (Å²) in [7, 11) is 0. The van der Waals surface area contributed by atoms with Crippen molar-refractivity contribution in [2.24, 2.45) is 0 Å². The van der Waals surface area contributed by atoms with Crippen molar-refractivity contribution < 1.29 is 9.32 Å². The van der Waals surface area contributed by atoms with Gasteiger partial charge in [0, 0.05) is 44.2 Å². The molecule has 5 nitrogen and oxygen atoms in total. The molecule has 9 heteroatoms. The average Bonchev–Trinajstić information content (AvgIpc) is 3.26. The predicted molar refractivity (Wildman–Crippen MR) is 131 cm³/mol. The maximum Gasteiger partial charge on any atom is 0.283 e. The number of carbonyl (C=O) groups is 1. The van der Waals surface area contributed by atoms with Gasteiger partial charge in [0.05, 0.1) is 5.69 Å². The Morgan fingerprint density at radius 3 is 1.91 bits per heavy atom. The van der Waals surface area contributed by atoms with Gasteiger partial charge in [0.25, 0.3) is 5.91 Å². The maximum atomic E-state index is 13.6. The number of hydrogen-bond acceptors (Lipinski definition) is 4. The zero-order chi connectivity index (χ0) is 23.9.